The van der Waals surface area contributed by atoms with Crippen molar-refractivity contribution in [1.82, 2.24) is 0 Å². The molecule has 0 radical (unpaired) electrons. The molecule has 32 heavy (non-hydrogen) atoms. The summed E-state index contributed by atoms with van der Waals surface area (Å²) in [5.41, 5.74) is 4.57. The number of aryl methyl sites for hydroxylation is 1. The number of benzene rings is 2. The third kappa shape index (κ3) is 7.65. The Morgan fingerprint density at radius 1 is 0.875 bits per heavy atom. The zero-order valence-electron chi connectivity index (χ0n) is 20.1. The average Bonchev–Trinajstić information content (AvgIpc) is 2.83. The molecule has 1 aliphatic carbocycles. The van der Waals surface area contributed by atoms with Gasteiger partial charge in [-0.2, -0.15) is 0 Å². The summed E-state index contributed by atoms with van der Waals surface area (Å²) in [6.07, 6.45) is 17.6. The number of rotatable bonds is 12. The van der Waals surface area contributed by atoms with Gasteiger partial charge in [0.2, 0.25) is 0 Å². The van der Waals surface area contributed by atoms with E-state index in [-0.39, 0.29) is 5.97 Å². The van der Waals surface area contributed by atoms with Gasteiger partial charge >= 0.3 is 5.97 Å². The Morgan fingerprint density at radius 2 is 1.59 bits per heavy atom. The molecule has 172 valence electrons. The molecule has 0 saturated heterocycles. The minimum absolute atomic E-state index is 0.291. The van der Waals surface area contributed by atoms with Gasteiger partial charge in [-0.05, 0) is 79.0 Å². The second kappa shape index (κ2) is 13.3. The summed E-state index contributed by atoms with van der Waals surface area (Å²) >= 11 is 0. The third-order valence-electron chi connectivity index (χ3n) is 6.68. The third-order valence-corrected chi connectivity index (χ3v) is 6.68. The minimum atomic E-state index is -0.291. The first-order valence-electron chi connectivity index (χ1n) is 12.8. The molecule has 1 unspecified atom stereocenters. The Bertz CT molecular complexity index is 845. The molecule has 0 amide bonds. The quantitative estimate of drug-likeness (QED) is 0.190. The van der Waals surface area contributed by atoms with Gasteiger partial charge in [0, 0.05) is 0 Å². The number of unbranched alkanes of at least 4 members (excludes halogenated alkanes) is 5. The number of hydrogen-bond donors (Lipinski definition) is 0. The van der Waals surface area contributed by atoms with Crippen LogP contribution >= 0.6 is 0 Å². The fourth-order valence-electron chi connectivity index (χ4n) is 4.56. The van der Waals surface area contributed by atoms with E-state index in [9.17, 15) is 4.79 Å². The lowest BCUT2D eigenvalue weighted by Gasteiger charge is -2.22. The summed E-state index contributed by atoms with van der Waals surface area (Å²) in [5.74, 6) is 1.17. The summed E-state index contributed by atoms with van der Waals surface area (Å²) < 4.78 is 5.59. The summed E-state index contributed by atoms with van der Waals surface area (Å²) in [5, 5.41) is 0. The van der Waals surface area contributed by atoms with Gasteiger partial charge in [0.25, 0.3) is 0 Å². The van der Waals surface area contributed by atoms with Gasteiger partial charge in [0.05, 0.1) is 5.56 Å². The number of esters is 1. The lowest BCUT2D eigenvalue weighted by Crippen LogP contribution is -2.09. The molecular weight excluding hydrogens is 392 g/mol. The van der Waals surface area contributed by atoms with Crippen LogP contribution in [0.2, 0.25) is 0 Å². The first-order valence-corrected chi connectivity index (χ1v) is 12.8. The molecule has 1 atom stereocenters. The molecule has 0 aliphatic heterocycles. The lowest BCUT2D eigenvalue weighted by molar-refractivity contribution is 0.0734. The van der Waals surface area contributed by atoms with Crippen LogP contribution in [0.3, 0.4) is 0 Å². The van der Waals surface area contributed by atoms with Crippen LogP contribution in [-0.4, -0.2) is 5.97 Å². The second-order valence-corrected chi connectivity index (χ2v) is 9.29. The van der Waals surface area contributed by atoms with Crippen LogP contribution in [0.25, 0.3) is 5.57 Å². The van der Waals surface area contributed by atoms with E-state index >= 15 is 0 Å². The van der Waals surface area contributed by atoms with Crippen molar-refractivity contribution in [2.75, 3.05) is 0 Å². The number of allylic oxidation sites excluding steroid dienone is 2. The summed E-state index contributed by atoms with van der Waals surface area (Å²) in [7, 11) is 0. The Hall–Kier alpha value is -2.35. The van der Waals surface area contributed by atoms with E-state index in [4.69, 9.17) is 4.74 Å². The van der Waals surface area contributed by atoms with Crippen LogP contribution < -0.4 is 4.74 Å². The van der Waals surface area contributed by atoms with Gasteiger partial charge in [-0.15, -0.1) is 0 Å². The molecule has 0 aromatic heterocycles. The molecule has 0 saturated carbocycles. The molecule has 0 N–H and O–H groups in total. The van der Waals surface area contributed by atoms with Crippen molar-refractivity contribution < 1.29 is 9.53 Å². The largest absolute Gasteiger partial charge is 0.423 e. The first-order chi connectivity index (χ1) is 15.7. The van der Waals surface area contributed by atoms with Crippen LogP contribution in [0.5, 0.6) is 5.75 Å². The topological polar surface area (TPSA) is 26.3 Å². The SMILES string of the molecule is CCCCCCc1ccc(OC(=O)c2ccc(C3=CCC(CCCCC)CC3)cc2)cc1. The Labute approximate surface area is 195 Å². The maximum Gasteiger partial charge on any atom is 0.343 e. The van der Waals surface area contributed by atoms with Gasteiger partial charge in [-0.25, -0.2) is 4.79 Å². The highest BCUT2D eigenvalue weighted by atomic mass is 16.5. The fourth-order valence-corrected chi connectivity index (χ4v) is 4.56. The van der Waals surface area contributed by atoms with E-state index < -0.39 is 0 Å². The first kappa shape index (κ1) is 24.3. The summed E-state index contributed by atoms with van der Waals surface area (Å²) in [6, 6.07) is 15.9. The Balaban J connectivity index is 1.49. The van der Waals surface area contributed by atoms with Crippen LogP contribution in [-0.2, 0) is 6.42 Å². The molecular formula is C30H40O2. The molecule has 0 fully saturated rings. The second-order valence-electron chi connectivity index (χ2n) is 9.29. The van der Waals surface area contributed by atoms with E-state index in [2.05, 4.69) is 44.2 Å². The molecule has 2 heteroatoms. The van der Waals surface area contributed by atoms with Crippen molar-refractivity contribution in [2.24, 2.45) is 5.92 Å². The van der Waals surface area contributed by atoms with Crippen molar-refractivity contribution in [2.45, 2.75) is 90.9 Å². The standard InChI is InChI=1S/C30H40O2/c1-3-5-7-9-11-25-14-22-29(23-15-25)32-30(31)28-20-18-27(19-21-28)26-16-12-24(13-17-26)10-8-6-4-2/h14-16,18-24H,3-13,17H2,1-2H3. The minimum Gasteiger partial charge on any atom is -0.423 e. The van der Waals surface area contributed by atoms with Crippen LogP contribution in [0.1, 0.15) is 106 Å². The molecule has 0 heterocycles. The smallest absolute Gasteiger partial charge is 0.343 e. The highest BCUT2D eigenvalue weighted by Crippen LogP contribution is 2.33. The normalized spacial score (nSPS) is 15.9. The van der Waals surface area contributed by atoms with Crippen molar-refractivity contribution >= 4 is 11.5 Å². The van der Waals surface area contributed by atoms with Crippen LogP contribution in [0, 0.1) is 5.92 Å². The number of ether oxygens (including phenoxy) is 1. The van der Waals surface area contributed by atoms with Gasteiger partial charge < -0.3 is 4.74 Å². The molecule has 2 nitrogen and oxygen atoms in total. The van der Waals surface area contributed by atoms with Crippen LogP contribution in [0.15, 0.2) is 54.6 Å². The van der Waals surface area contributed by atoms with Crippen molar-refractivity contribution in [3.05, 3.63) is 71.3 Å². The van der Waals surface area contributed by atoms with Gasteiger partial charge in [-0.1, -0.05) is 89.1 Å². The van der Waals surface area contributed by atoms with E-state index in [0.717, 1.165) is 18.8 Å². The Morgan fingerprint density at radius 3 is 2.25 bits per heavy atom. The molecule has 1 aliphatic rings. The predicted octanol–water partition coefficient (Wildman–Crippen LogP) is 8.79. The fraction of sp³-hybridized carbons (Fsp3) is 0.500. The van der Waals surface area contributed by atoms with Gasteiger partial charge in [0.15, 0.2) is 0 Å². The lowest BCUT2D eigenvalue weighted by atomic mass is 9.84. The number of carbonyl (C=O) groups is 1. The van der Waals surface area contributed by atoms with Crippen molar-refractivity contribution in [1.29, 1.82) is 0 Å². The maximum atomic E-state index is 12.6. The highest BCUT2D eigenvalue weighted by Gasteiger charge is 2.16. The Kier molecular flexibility index (Phi) is 10.1. The van der Waals surface area contributed by atoms with Gasteiger partial charge in [0.1, 0.15) is 5.75 Å². The molecule has 0 spiro atoms. The van der Waals surface area contributed by atoms with Gasteiger partial charge in [-0.3, -0.25) is 0 Å². The number of carbonyl (C=O) groups excluding carboxylic acids is 1. The summed E-state index contributed by atoms with van der Waals surface area (Å²) in [4.78, 5) is 12.6. The van der Waals surface area contributed by atoms with Crippen molar-refractivity contribution in [3.8, 4) is 5.75 Å². The molecule has 0 bridgehead atoms. The monoisotopic (exact) mass is 432 g/mol. The van der Waals surface area contributed by atoms with E-state index in [0.29, 0.717) is 11.3 Å². The number of hydrogen-bond acceptors (Lipinski definition) is 2. The highest BCUT2D eigenvalue weighted by molar-refractivity contribution is 5.91. The average molecular weight is 433 g/mol. The zero-order valence-corrected chi connectivity index (χ0v) is 20.1. The zero-order chi connectivity index (χ0) is 22.6. The predicted molar refractivity (Wildman–Crippen MR) is 135 cm³/mol. The van der Waals surface area contributed by atoms with E-state index in [1.807, 2.05) is 24.3 Å². The molecule has 3 rings (SSSR count). The van der Waals surface area contributed by atoms with E-state index in [1.165, 1.54) is 80.9 Å². The van der Waals surface area contributed by atoms with E-state index in [1.54, 1.807) is 0 Å². The molecule has 2 aromatic rings. The molecule has 2 aromatic carbocycles. The summed E-state index contributed by atoms with van der Waals surface area (Å²) in [6.45, 7) is 4.50. The van der Waals surface area contributed by atoms with Crippen LogP contribution in [0.4, 0.5) is 0 Å². The van der Waals surface area contributed by atoms with Crippen molar-refractivity contribution in [3.63, 3.8) is 0 Å². The maximum absolute atomic E-state index is 12.6.